The third kappa shape index (κ3) is 6.82. The molecule has 9 heteroatoms. The van der Waals surface area contributed by atoms with Crippen LogP contribution >= 0.6 is 0 Å². The molecule has 0 radical (unpaired) electrons. The molecule has 0 aliphatic rings. The van der Waals surface area contributed by atoms with Gasteiger partial charge in [0.05, 0.1) is 5.75 Å². The Balaban J connectivity index is 2.59. The Kier molecular flexibility index (Phi) is 6.25. The summed E-state index contributed by atoms with van der Waals surface area (Å²) < 4.78 is 25.6. The van der Waals surface area contributed by atoms with Crippen LogP contribution in [0.1, 0.15) is 18.5 Å². The van der Waals surface area contributed by atoms with E-state index in [0.717, 1.165) is 0 Å². The van der Waals surface area contributed by atoms with Gasteiger partial charge in [-0.25, -0.2) is 13.1 Å². The number of aliphatic carboxylic acids is 2. The van der Waals surface area contributed by atoms with Crippen molar-refractivity contribution in [2.75, 3.05) is 5.75 Å². The summed E-state index contributed by atoms with van der Waals surface area (Å²) in [5.74, 6) is -2.91. The maximum absolute atomic E-state index is 11.8. The van der Waals surface area contributed by atoms with Gasteiger partial charge in [-0.2, -0.15) is 0 Å². The largest absolute Gasteiger partial charge is 0.481 e. The molecular weight excluding hydrogens is 300 g/mol. The molecule has 1 atom stereocenters. The number of carboxylic acids is 2. The van der Waals surface area contributed by atoms with E-state index in [1.807, 2.05) is 4.72 Å². The van der Waals surface area contributed by atoms with Crippen molar-refractivity contribution in [1.29, 1.82) is 0 Å². The highest BCUT2D eigenvalue weighted by Gasteiger charge is 2.24. The van der Waals surface area contributed by atoms with E-state index in [4.69, 9.17) is 10.2 Å². The molecule has 0 saturated carbocycles. The summed E-state index contributed by atoms with van der Waals surface area (Å²) in [6.45, 7) is 0. The first-order chi connectivity index (χ1) is 9.80. The molecule has 1 aromatic rings. The van der Waals surface area contributed by atoms with Crippen molar-refractivity contribution in [1.82, 2.24) is 9.71 Å². The molecule has 0 aliphatic carbocycles. The van der Waals surface area contributed by atoms with Crippen molar-refractivity contribution in [3.63, 3.8) is 0 Å². The Morgan fingerprint density at radius 1 is 1.29 bits per heavy atom. The number of nitrogens with one attached hydrogen (secondary N) is 1. The van der Waals surface area contributed by atoms with Gasteiger partial charge in [0.25, 0.3) is 0 Å². The summed E-state index contributed by atoms with van der Waals surface area (Å²) in [5, 5.41) is 17.4. The lowest BCUT2D eigenvalue weighted by Gasteiger charge is -2.13. The average molecular weight is 316 g/mol. The zero-order valence-electron chi connectivity index (χ0n) is 11.1. The van der Waals surface area contributed by atoms with Crippen LogP contribution in [0.4, 0.5) is 0 Å². The predicted molar refractivity (Wildman–Crippen MR) is 73.2 cm³/mol. The lowest BCUT2D eigenvalue weighted by atomic mass is 10.2. The number of pyridine rings is 1. The van der Waals surface area contributed by atoms with Gasteiger partial charge in [0, 0.05) is 24.7 Å². The number of aryl methyl sites for hydroxylation is 1. The lowest BCUT2D eigenvalue weighted by Crippen LogP contribution is -2.42. The molecule has 0 amide bonds. The molecule has 0 saturated heterocycles. The minimum Gasteiger partial charge on any atom is -0.481 e. The van der Waals surface area contributed by atoms with E-state index in [9.17, 15) is 18.0 Å². The highest BCUT2D eigenvalue weighted by atomic mass is 32.2. The minimum atomic E-state index is -3.84. The third-order valence-corrected chi connectivity index (χ3v) is 4.01. The molecule has 0 spiro atoms. The molecule has 3 N–H and O–H groups in total. The van der Waals surface area contributed by atoms with Crippen LogP contribution < -0.4 is 4.72 Å². The average Bonchev–Trinajstić information content (AvgIpc) is 2.42. The molecule has 21 heavy (non-hydrogen) atoms. The summed E-state index contributed by atoms with van der Waals surface area (Å²) >= 11 is 0. The third-order valence-electron chi connectivity index (χ3n) is 2.62. The zero-order valence-corrected chi connectivity index (χ0v) is 11.9. The first kappa shape index (κ1) is 17.1. The zero-order chi connectivity index (χ0) is 15.9. The van der Waals surface area contributed by atoms with E-state index < -0.39 is 34.4 Å². The number of hydrogen-bond acceptors (Lipinski definition) is 5. The van der Waals surface area contributed by atoms with Gasteiger partial charge < -0.3 is 10.2 Å². The maximum Gasteiger partial charge on any atom is 0.321 e. The molecule has 0 fully saturated rings. The van der Waals surface area contributed by atoms with E-state index in [-0.39, 0.29) is 18.6 Å². The van der Waals surface area contributed by atoms with Gasteiger partial charge in [-0.1, -0.05) is 6.07 Å². The van der Waals surface area contributed by atoms with Crippen LogP contribution in [-0.4, -0.2) is 47.3 Å². The van der Waals surface area contributed by atoms with E-state index in [0.29, 0.717) is 5.69 Å². The van der Waals surface area contributed by atoms with Crippen molar-refractivity contribution in [3.05, 3.63) is 30.1 Å². The van der Waals surface area contributed by atoms with E-state index >= 15 is 0 Å². The fourth-order valence-corrected chi connectivity index (χ4v) is 2.81. The van der Waals surface area contributed by atoms with Gasteiger partial charge >= 0.3 is 11.9 Å². The molecule has 1 unspecified atom stereocenters. The van der Waals surface area contributed by atoms with Crippen LogP contribution in [0.5, 0.6) is 0 Å². The second-order valence-electron chi connectivity index (χ2n) is 4.33. The molecule has 1 rings (SSSR count). The van der Waals surface area contributed by atoms with Gasteiger partial charge in [-0.15, -0.1) is 0 Å². The summed E-state index contributed by atoms with van der Waals surface area (Å²) in [5.41, 5.74) is 0.570. The van der Waals surface area contributed by atoms with Crippen molar-refractivity contribution in [2.24, 2.45) is 0 Å². The Labute approximate surface area is 121 Å². The topological polar surface area (TPSA) is 134 Å². The van der Waals surface area contributed by atoms with Gasteiger partial charge in [-0.05, 0) is 18.6 Å². The summed E-state index contributed by atoms with van der Waals surface area (Å²) in [4.78, 5) is 25.3. The number of carbonyl (C=O) groups is 2. The summed E-state index contributed by atoms with van der Waals surface area (Å²) in [7, 11) is -3.84. The van der Waals surface area contributed by atoms with E-state index in [2.05, 4.69) is 4.98 Å². The first-order valence-electron chi connectivity index (χ1n) is 6.14. The molecular formula is C12H16N2O6S. The van der Waals surface area contributed by atoms with Crippen molar-refractivity contribution < 1.29 is 28.2 Å². The first-order valence-corrected chi connectivity index (χ1v) is 7.80. The standard InChI is InChI=1S/C12H16N2O6S/c15-11(16)5-4-10(12(17)18)14-21(19,20)8-6-9-3-1-2-7-13-9/h1-3,7,10,14H,4-6,8H2,(H,15,16)(H,17,18). The van der Waals surface area contributed by atoms with Crippen molar-refractivity contribution in [2.45, 2.75) is 25.3 Å². The second-order valence-corrected chi connectivity index (χ2v) is 6.20. The quantitative estimate of drug-likeness (QED) is 0.577. The van der Waals surface area contributed by atoms with Gasteiger partial charge in [0.15, 0.2) is 0 Å². The Morgan fingerprint density at radius 3 is 2.52 bits per heavy atom. The second kappa shape index (κ2) is 7.70. The minimum absolute atomic E-state index is 0.140. The fraction of sp³-hybridized carbons (Fsp3) is 0.417. The molecule has 0 bridgehead atoms. The highest BCUT2D eigenvalue weighted by Crippen LogP contribution is 2.03. The number of aromatic nitrogens is 1. The van der Waals surface area contributed by atoms with Gasteiger partial charge in [-0.3, -0.25) is 14.6 Å². The lowest BCUT2D eigenvalue weighted by molar-refractivity contribution is -0.140. The molecule has 8 nitrogen and oxygen atoms in total. The van der Waals surface area contributed by atoms with Gasteiger partial charge in [0.1, 0.15) is 6.04 Å². The van der Waals surface area contributed by atoms with Crippen molar-refractivity contribution >= 4 is 22.0 Å². The number of sulfonamides is 1. The predicted octanol–water partition coefficient (Wildman–Crippen LogP) is -0.139. The molecule has 1 heterocycles. The number of carboxylic acid groups (broad SMARTS) is 2. The molecule has 0 aliphatic heterocycles. The SMILES string of the molecule is O=C(O)CCC(NS(=O)(=O)CCc1ccccn1)C(=O)O. The van der Waals surface area contributed by atoms with Crippen LogP contribution in [0.3, 0.4) is 0 Å². The van der Waals surface area contributed by atoms with Crippen molar-refractivity contribution in [3.8, 4) is 0 Å². The molecule has 0 aromatic carbocycles. The molecule has 1 aromatic heterocycles. The Morgan fingerprint density at radius 2 is 2.00 bits per heavy atom. The summed E-state index contributed by atoms with van der Waals surface area (Å²) in [6.07, 6.45) is 0.928. The normalized spacial score (nSPS) is 12.8. The summed E-state index contributed by atoms with van der Waals surface area (Å²) in [6, 6.07) is 3.63. The maximum atomic E-state index is 11.8. The number of rotatable bonds is 9. The van der Waals surface area contributed by atoms with Crippen LogP contribution in [0.2, 0.25) is 0 Å². The number of hydrogen-bond donors (Lipinski definition) is 3. The van der Waals surface area contributed by atoms with Crippen LogP contribution in [0.25, 0.3) is 0 Å². The molecule has 116 valence electrons. The van der Waals surface area contributed by atoms with E-state index in [1.54, 1.807) is 18.2 Å². The Hall–Kier alpha value is -2.00. The smallest absolute Gasteiger partial charge is 0.321 e. The van der Waals surface area contributed by atoms with Crippen LogP contribution in [0.15, 0.2) is 24.4 Å². The van der Waals surface area contributed by atoms with Crippen LogP contribution in [0, 0.1) is 0 Å². The van der Waals surface area contributed by atoms with Gasteiger partial charge in [0.2, 0.25) is 10.0 Å². The Bertz CT molecular complexity index is 587. The van der Waals surface area contributed by atoms with Crippen LogP contribution in [-0.2, 0) is 26.0 Å². The number of nitrogens with zero attached hydrogens (tertiary/aromatic N) is 1. The fourth-order valence-electron chi connectivity index (χ4n) is 1.56. The monoisotopic (exact) mass is 316 g/mol. The highest BCUT2D eigenvalue weighted by molar-refractivity contribution is 7.89. The van der Waals surface area contributed by atoms with E-state index in [1.165, 1.54) is 6.20 Å².